The van der Waals surface area contributed by atoms with Crippen LogP contribution in [0.25, 0.3) is 22.2 Å². The number of hydrogen-bond donors (Lipinski definition) is 1. The summed E-state index contributed by atoms with van der Waals surface area (Å²) in [6, 6.07) is 4.08. The van der Waals surface area contributed by atoms with Gasteiger partial charge < -0.3 is 4.98 Å². The van der Waals surface area contributed by atoms with E-state index in [2.05, 4.69) is 9.97 Å². The summed E-state index contributed by atoms with van der Waals surface area (Å²) in [6.07, 6.45) is -4.67. The molecule has 0 aliphatic heterocycles. The third-order valence-electron chi connectivity index (χ3n) is 3.22. The molecule has 0 bridgehead atoms. The molecule has 1 aromatic heterocycles. The molecule has 0 fully saturated rings. The average Bonchev–Trinajstić information content (AvgIpc) is 2.89. The lowest BCUT2D eigenvalue weighted by Gasteiger charge is -2.10. The smallest absolute Gasteiger partial charge is 0.334 e. The second kappa shape index (κ2) is 6.15. The molecule has 0 aliphatic carbocycles. The van der Waals surface area contributed by atoms with Crippen molar-refractivity contribution in [3.63, 3.8) is 0 Å². The van der Waals surface area contributed by atoms with Crippen molar-refractivity contribution in [2.24, 2.45) is 0 Å². The number of imidazole rings is 1. The topological polar surface area (TPSA) is 28.7 Å². The number of aromatic amines is 1. The fourth-order valence-electron chi connectivity index (χ4n) is 2.21. The van der Waals surface area contributed by atoms with Gasteiger partial charge in [0.2, 0.25) is 5.82 Å². The molecule has 0 aliphatic rings. The summed E-state index contributed by atoms with van der Waals surface area (Å²) >= 11 is 30.2. The zero-order valence-corrected chi connectivity index (χ0v) is 15.0. The molecule has 1 heterocycles. The molecule has 0 radical (unpaired) electrons. The minimum Gasteiger partial charge on any atom is -0.334 e. The van der Waals surface area contributed by atoms with E-state index in [0.29, 0.717) is 5.56 Å². The molecule has 0 saturated heterocycles. The quantitative estimate of drug-likeness (QED) is 0.394. The van der Waals surface area contributed by atoms with Crippen molar-refractivity contribution < 1.29 is 13.2 Å². The number of halogens is 8. The molecule has 1 N–H and O–H groups in total. The lowest BCUT2D eigenvalue weighted by Crippen LogP contribution is -2.06. The van der Waals surface area contributed by atoms with Crippen LogP contribution in [0.3, 0.4) is 0 Å². The van der Waals surface area contributed by atoms with E-state index in [-0.39, 0.29) is 41.7 Å². The molecule has 0 saturated carbocycles. The maximum Gasteiger partial charge on any atom is 0.449 e. The first kappa shape index (κ1) is 18.0. The predicted octanol–water partition coefficient (Wildman–Crippen LogP) is 7.52. The number of hydrogen-bond acceptors (Lipinski definition) is 1. The van der Waals surface area contributed by atoms with E-state index in [1.165, 1.54) is 18.2 Å². The number of nitrogens with one attached hydrogen (secondary N) is 1. The van der Waals surface area contributed by atoms with E-state index >= 15 is 0 Å². The first-order valence-corrected chi connectivity index (χ1v) is 8.08. The van der Waals surface area contributed by atoms with Gasteiger partial charge in [-0.05, 0) is 18.2 Å². The van der Waals surface area contributed by atoms with Gasteiger partial charge in [-0.3, -0.25) is 0 Å². The van der Waals surface area contributed by atoms with Gasteiger partial charge in [-0.2, -0.15) is 13.2 Å². The first-order valence-electron chi connectivity index (χ1n) is 6.19. The van der Waals surface area contributed by atoms with Gasteiger partial charge in [0.1, 0.15) is 5.52 Å². The SMILES string of the molecule is FC(F)(F)c1nc2c(Cl)cc(Cl)c(-c3cc(Cl)c(Cl)cc3Cl)c2[nH]1. The van der Waals surface area contributed by atoms with Crippen LogP contribution in [0, 0.1) is 0 Å². The number of H-pyrrole nitrogens is 1. The van der Waals surface area contributed by atoms with E-state index in [1.807, 2.05) is 0 Å². The van der Waals surface area contributed by atoms with Crippen molar-refractivity contribution in [1.82, 2.24) is 9.97 Å². The molecular formula is C14H4Cl5F3N2. The number of rotatable bonds is 1. The monoisotopic (exact) mass is 432 g/mol. The van der Waals surface area contributed by atoms with Crippen LogP contribution in [0.5, 0.6) is 0 Å². The Morgan fingerprint density at radius 2 is 1.38 bits per heavy atom. The summed E-state index contributed by atoms with van der Waals surface area (Å²) in [7, 11) is 0. The van der Waals surface area contributed by atoms with Gasteiger partial charge in [0.25, 0.3) is 0 Å². The molecule has 0 atom stereocenters. The fourth-order valence-corrected chi connectivity index (χ4v) is 3.46. The van der Waals surface area contributed by atoms with Crippen LogP contribution in [0.2, 0.25) is 25.1 Å². The maximum atomic E-state index is 13.0. The molecule has 126 valence electrons. The van der Waals surface area contributed by atoms with Gasteiger partial charge in [0.05, 0.1) is 30.6 Å². The van der Waals surface area contributed by atoms with Crippen molar-refractivity contribution in [1.29, 1.82) is 0 Å². The highest BCUT2D eigenvalue weighted by Crippen LogP contribution is 2.44. The summed E-state index contributed by atoms with van der Waals surface area (Å²) in [5.41, 5.74) is 0.420. The lowest BCUT2D eigenvalue weighted by atomic mass is 10.0. The van der Waals surface area contributed by atoms with E-state index in [4.69, 9.17) is 58.0 Å². The van der Waals surface area contributed by atoms with Crippen LogP contribution < -0.4 is 0 Å². The van der Waals surface area contributed by atoms with Gasteiger partial charge in [-0.1, -0.05) is 58.0 Å². The second-order valence-corrected chi connectivity index (χ2v) is 6.80. The van der Waals surface area contributed by atoms with Crippen LogP contribution in [0.1, 0.15) is 5.82 Å². The second-order valence-electron chi connectivity index (χ2n) is 4.77. The van der Waals surface area contributed by atoms with Gasteiger partial charge in [-0.15, -0.1) is 0 Å². The Hall–Kier alpha value is -0.850. The molecule has 0 amide bonds. The Kier molecular flexibility index (Phi) is 4.60. The minimum atomic E-state index is -4.67. The molecule has 3 rings (SSSR count). The highest BCUT2D eigenvalue weighted by molar-refractivity contribution is 6.45. The zero-order chi connectivity index (χ0) is 17.8. The molecule has 0 spiro atoms. The van der Waals surface area contributed by atoms with Crippen LogP contribution in [-0.2, 0) is 6.18 Å². The molecule has 0 unspecified atom stereocenters. The van der Waals surface area contributed by atoms with Crippen molar-refractivity contribution in [2.45, 2.75) is 6.18 Å². The number of aromatic nitrogens is 2. The van der Waals surface area contributed by atoms with Crippen LogP contribution in [0.4, 0.5) is 13.2 Å². The van der Waals surface area contributed by atoms with Gasteiger partial charge >= 0.3 is 6.18 Å². The van der Waals surface area contributed by atoms with Gasteiger partial charge in [0.15, 0.2) is 0 Å². The Bertz CT molecular complexity index is 965. The molecule has 2 aromatic carbocycles. The number of nitrogens with zero attached hydrogens (tertiary/aromatic N) is 1. The Labute approximate surface area is 158 Å². The molecule has 24 heavy (non-hydrogen) atoms. The molecule has 3 aromatic rings. The van der Waals surface area contributed by atoms with E-state index in [0.717, 1.165) is 0 Å². The number of benzene rings is 2. The van der Waals surface area contributed by atoms with Gasteiger partial charge in [-0.25, -0.2) is 4.98 Å². The molecule has 2 nitrogen and oxygen atoms in total. The molecular weight excluding hydrogens is 430 g/mol. The van der Waals surface area contributed by atoms with Crippen molar-refractivity contribution in [2.75, 3.05) is 0 Å². The van der Waals surface area contributed by atoms with Crippen molar-refractivity contribution in [3.05, 3.63) is 49.1 Å². The first-order chi connectivity index (χ1) is 11.1. The summed E-state index contributed by atoms with van der Waals surface area (Å²) in [6.45, 7) is 0. The minimum absolute atomic E-state index is 0.000106. The summed E-state index contributed by atoms with van der Waals surface area (Å²) < 4.78 is 38.9. The van der Waals surface area contributed by atoms with Crippen molar-refractivity contribution >= 4 is 69.0 Å². The van der Waals surface area contributed by atoms with E-state index in [1.54, 1.807) is 0 Å². The van der Waals surface area contributed by atoms with Crippen molar-refractivity contribution in [3.8, 4) is 11.1 Å². The summed E-state index contributed by atoms with van der Waals surface area (Å²) in [5, 5.41) is 0.600. The molecule has 10 heteroatoms. The summed E-state index contributed by atoms with van der Waals surface area (Å²) in [5.74, 6) is -1.20. The Balaban J connectivity index is 2.40. The lowest BCUT2D eigenvalue weighted by molar-refractivity contribution is -0.144. The Morgan fingerprint density at radius 3 is 2.00 bits per heavy atom. The zero-order valence-electron chi connectivity index (χ0n) is 11.2. The highest BCUT2D eigenvalue weighted by atomic mass is 35.5. The maximum absolute atomic E-state index is 13.0. The van der Waals surface area contributed by atoms with E-state index < -0.39 is 12.0 Å². The predicted molar refractivity (Wildman–Crippen MR) is 91.6 cm³/mol. The fraction of sp³-hybridized carbons (Fsp3) is 0.0714. The third kappa shape index (κ3) is 3.04. The van der Waals surface area contributed by atoms with Gasteiger partial charge in [0, 0.05) is 11.1 Å². The highest BCUT2D eigenvalue weighted by Gasteiger charge is 2.35. The van der Waals surface area contributed by atoms with Crippen LogP contribution in [0.15, 0.2) is 18.2 Å². The largest absolute Gasteiger partial charge is 0.449 e. The Morgan fingerprint density at radius 1 is 0.792 bits per heavy atom. The number of alkyl halides is 3. The van der Waals surface area contributed by atoms with Crippen LogP contribution in [-0.4, -0.2) is 9.97 Å². The third-order valence-corrected chi connectivity index (χ3v) is 4.84. The summed E-state index contributed by atoms with van der Waals surface area (Å²) in [4.78, 5) is 5.71. The normalized spacial score (nSPS) is 12.2. The average molecular weight is 434 g/mol. The van der Waals surface area contributed by atoms with Crippen LogP contribution >= 0.6 is 58.0 Å². The number of fused-ring (bicyclic) bond motifs is 1. The van der Waals surface area contributed by atoms with E-state index in [9.17, 15) is 13.2 Å². The standard InChI is InChI=1S/C14H4Cl5F3N2/c15-5-2-7(17)6(16)1-4(5)10-8(18)3-9(19)11-12(10)24-13(23-11)14(20,21)22/h1-3H,(H,23,24).